The van der Waals surface area contributed by atoms with E-state index in [1.807, 2.05) is 13.1 Å². The third-order valence-electron chi connectivity index (χ3n) is 2.31. The topological polar surface area (TPSA) is 29.5 Å². The Hall–Kier alpha value is 0.354. The maximum atomic E-state index is 9.66. The molecule has 0 saturated heterocycles. The van der Waals surface area contributed by atoms with E-state index in [4.69, 9.17) is 4.43 Å². The fraction of sp³-hybridized carbons (Fsp3) is 1.00. The van der Waals surface area contributed by atoms with Gasteiger partial charge < -0.3 is 9.22 Å². The van der Waals surface area contributed by atoms with Crippen LogP contribution in [0.2, 0.25) is 32.7 Å². The SMILES string of the molecule is CC(C)(O[Si](C)(C)O)[Si](C)(C)C. The molecule has 0 aliphatic carbocycles. The third kappa shape index (κ3) is 3.84. The first kappa shape index (κ1) is 12.4. The van der Waals surface area contributed by atoms with Crippen LogP contribution in [0.4, 0.5) is 0 Å². The van der Waals surface area contributed by atoms with Gasteiger partial charge in [0.05, 0.1) is 8.07 Å². The van der Waals surface area contributed by atoms with Crippen molar-refractivity contribution in [2.24, 2.45) is 0 Å². The Balaban J connectivity index is 4.44. The monoisotopic (exact) mass is 206 g/mol. The van der Waals surface area contributed by atoms with Crippen molar-refractivity contribution < 1.29 is 9.22 Å². The lowest BCUT2D eigenvalue weighted by molar-refractivity contribution is 0.136. The van der Waals surface area contributed by atoms with E-state index in [2.05, 4.69) is 33.5 Å². The van der Waals surface area contributed by atoms with E-state index in [9.17, 15) is 4.80 Å². The first-order valence-electron chi connectivity index (χ1n) is 4.38. The van der Waals surface area contributed by atoms with E-state index in [0.717, 1.165) is 0 Å². The van der Waals surface area contributed by atoms with Gasteiger partial charge in [-0.1, -0.05) is 19.6 Å². The van der Waals surface area contributed by atoms with Crippen LogP contribution >= 0.6 is 0 Å². The van der Waals surface area contributed by atoms with Gasteiger partial charge in [-0.25, -0.2) is 0 Å². The van der Waals surface area contributed by atoms with Crippen molar-refractivity contribution in [1.29, 1.82) is 0 Å². The molecule has 0 aliphatic rings. The summed E-state index contributed by atoms with van der Waals surface area (Å²) in [6.07, 6.45) is 0. The highest BCUT2D eigenvalue weighted by Crippen LogP contribution is 2.26. The fourth-order valence-electron chi connectivity index (χ4n) is 0.778. The van der Waals surface area contributed by atoms with Crippen molar-refractivity contribution >= 4 is 16.6 Å². The first-order valence-corrected chi connectivity index (χ1v) is 10.7. The molecule has 0 aromatic rings. The van der Waals surface area contributed by atoms with Crippen LogP contribution in [-0.2, 0) is 4.43 Å². The Morgan fingerprint density at radius 2 is 1.33 bits per heavy atom. The third-order valence-corrected chi connectivity index (χ3v) is 7.24. The highest BCUT2D eigenvalue weighted by atomic mass is 28.4. The van der Waals surface area contributed by atoms with Crippen molar-refractivity contribution in [3.05, 3.63) is 0 Å². The minimum absolute atomic E-state index is 0.128. The van der Waals surface area contributed by atoms with Crippen LogP contribution in [0.5, 0.6) is 0 Å². The fourth-order valence-corrected chi connectivity index (χ4v) is 4.00. The predicted molar refractivity (Wildman–Crippen MR) is 58.2 cm³/mol. The van der Waals surface area contributed by atoms with E-state index in [1.54, 1.807) is 0 Å². The second-order valence-electron chi connectivity index (χ2n) is 5.31. The summed E-state index contributed by atoms with van der Waals surface area (Å²) in [6, 6.07) is 0. The molecule has 0 aromatic heterocycles. The molecule has 0 bridgehead atoms. The second-order valence-corrected chi connectivity index (χ2v) is 14.1. The minimum atomic E-state index is -2.37. The molecule has 12 heavy (non-hydrogen) atoms. The van der Waals surface area contributed by atoms with Crippen LogP contribution in [0.3, 0.4) is 0 Å². The van der Waals surface area contributed by atoms with Gasteiger partial charge in [0.25, 0.3) is 0 Å². The lowest BCUT2D eigenvalue weighted by Gasteiger charge is -2.40. The molecule has 0 atom stereocenters. The van der Waals surface area contributed by atoms with Crippen LogP contribution in [-0.4, -0.2) is 26.7 Å². The summed E-state index contributed by atoms with van der Waals surface area (Å²) in [7, 11) is -3.71. The summed E-state index contributed by atoms with van der Waals surface area (Å²) in [5.74, 6) is 0. The number of hydrogen-bond acceptors (Lipinski definition) is 2. The molecule has 0 spiro atoms. The van der Waals surface area contributed by atoms with Gasteiger partial charge in [0.2, 0.25) is 0 Å². The Kier molecular flexibility index (Phi) is 3.35. The summed E-state index contributed by atoms with van der Waals surface area (Å²) >= 11 is 0. The van der Waals surface area contributed by atoms with Crippen molar-refractivity contribution in [3.63, 3.8) is 0 Å². The van der Waals surface area contributed by atoms with E-state index >= 15 is 0 Å². The predicted octanol–water partition coefficient (Wildman–Crippen LogP) is 2.35. The van der Waals surface area contributed by atoms with Crippen molar-refractivity contribution in [1.82, 2.24) is 0 Å². The van der Waals surface area contributed by atoms with E-state index in [0.29, 0.717) is 0 Å². The molecule has 1 N–H and O–H groups in total. The Morgan fingerprint density at radius 3 is 1.42 bits per heavy atom. The molecule has 0 aromatic carbocycles. The second kappa shape index (κ2) is 3.25. The Labute approximate surface area is 78.2 Å². The van der Waals surface area contributed by atoms with E-state index in [1.165, 1.54) is 0 Å². The van der Waals surface area contributed by atoms with Gasteiger partial charge in [-0.15, -0.1) is 0 Å². The average molecular weight is 206 g/mol. The zero-order valence-electron chi connectivity index (χ0n) is 9.36. The van der Waals surface area contributed by atoms with Crippen LogP contribution in [0.1, 0.15) is 13.8 Å². The summed E-state index contributed by atoms with van der Waals surface area (Å²) < 4.78 is 5.75. The largest absolute Gasteiger partial charge is 0.411 e. The maximum absolute atomic E-state index is 9.66. The van der Waals surface area contributed by atoms with Gasteiger partial charge in [0.1, 0.15) is 0 Å². The lowest BCUT2D eigenvalue weighted by atomic mass is 10.5. The molecule has 0 rings (SSSR count). The molecule has 0 radical (unpaired) electrons. The molecule has 74 valence electrons. The Bertz CT molecular complexity index is 153. The van der Waals surface area contributed by atoms with Crippen LogP contribution in [0, 0.1) is 0 Å². The number of hydrogen-bond donors (Lipinski definition) is 1. The molecule has 0 unspecified atom stereocenters. The van der Waals surface area contributed by atoms with Crippen molar-refractivity contribution in [3.8, 4) is 0 Å². The smallest absolute Gasteiger partial charge is 0.329 e. The normalized spacial score (nSPS) is 15.0. The van der Waals surface area contributed by atoms with Gasteiger partial charge in [0.15, 0.2) is 0 Å². The molecule has 0 amide bonds. The lowest BCUT2D eigenvalue weighted by Crippen LogP contribution is -2.55. The standard InChI is InChI=1S/C8H22O2Si2/c1-8(2,11(3,4)5)10-12(6,7)9/h9H,1-7H3. The molecule has 2 nitrogen and oxygen atoms in total. The number of rotatable bonds is 3. The highest BCUT2D eigenvalue weighted by Gasteiger charge is 2.40. The van der Waals surface area contributed by atoms with Gasteiger partial charge in [-0.3, -0.25) is 0 Å². The summed E-state index contributed by atoms with van der Waals surface area (Å²) in [6.45, 7) is 14.6. The van der Waals surface area contributed by atoms with Crippen molar-refractivity contribution in [2.75, 3.05) is 0 Å². The Morgan fingerprint density at radius 1 is 1.00 bits per heavy atom. The van der Waals surface area contributed by atoms with Gasteiger partial charge >= 0.3 is 8.56 Å². The molecule has 0 heterocycles. The minimum Gasteiger partial charge on any atom is -0.411 e. The first-order chi connectivity index (χ1) is 4.96. The summed E-state index contributed by atoms with van der Waals surface area (Å²) in [5.41, 5.74) is 0. The molecule has 0 aliphatic heterocycles. The molecule has 0 fully saturated rings. The van der Waals surface area contributed by atoms with E-state index in [-0.39, 0.29) is 5.22 Å². The summed E-state index contributed by atoms with van der Waals surface area (Å²) in [5, 5.41) is -0.128. The quantitative estimate of drug-likeness (QED) is 0.718. The van der Waals surface area contributed by atoms with Crippen LogP contribution in [0.25, 0.3) is 0 Å². The highest BCUT2D eigenvalue weighted by molar-refractivity contribution is 6.79. The van der Waals surface area contributed by atoms with Gasteiger partial charge in [-0.2, -0.15) is 0 Å². The molecular weight excluding hydrogens is 184 g/mol. The van der Waals surface area contributed by atoms with Crippen LogP contribution < -0.4 is 0 Å². The van der Waals surface area contributed by atoms with Gasteiger partial charge in [-0.05, 0) is 26.9 Å². The summed E-state index contributed by atoms with van der Waals surface area (Å²) in [4.78, 5) is 9.66. The zero-order valence-corrected chi connectivity index (χ0v) is 11.4. The van der Waals surface area contributed by atoms with Gasteiger partial charge in [0, 0.05) is 5.22 Å². The zero-order chi connectivity index (χ0) is 10.2. The maximum Gasteiger partial charge on any atom is 0.329 e. The van der Waals surface area contributed by atoms with Crippen LogP contribution in [0.15, 0.2) is 0 Å². The molecule has 4 heteroatoms. The van der Waals surface area contributed by atoms with Crippen molar-refractivity contribution in [2.45, 2.75) is 51.8 Å². The average Bonchev–Trinajstić information content (AvgIpc) is 1.52. The van der Waals surface area contributed by atoms with E-state index < -0.39 is 16.6 Å². The molecular formula is C8H22O2Si2. The molecule has 0 saturated carbocycles.